The molecule has 1 unspecified atom stereocenters. The summed E-state index contributed by atoms with van der Waals surface area (Å²) in [5.41, 5.74) is 2.13. The quantitative estimate of drug-likeness (QED) is 0.376. The second-order valence-electron chi connectivity index (χ2n) is 7.40. The SMILES string of the molecule is CCC(C)c1c(O)ccc(C(C)(C)C)c1N=Nc1ccccc1[N+](=O)[O-]. The highest BCUT2D eigenvalue weighted by molar-refractivity contribution is 5.63. The molecule has 6 nitrogen and oxygen atoms in total. The largest absolute Gasteiger partial charge is 0.508 e. The highest BCUT2D eigenvalue weighted by atomic mass is 16.6. The van der Waals surface area contributed by atoms with E-state index in [1.165, 1.54) is 6.07 Å². The molecule has 6 heteroatoms. The summed E-state index contributed by atoms with van der Waals surface area (Å²) in [4.78, 5) is 10.7. The summed E-state index contributed by atoms with van der Waals surface area (Å²) in [5.74, 6) is 0.251. The molecule has 0 aromatic heterocycles. The van der Waals surface area contributed by atoms with Crippen molar-refractivity contribution >= 4 is 17.1 Å². The molecule has 26 heavy (non-hydrogen) atoms. The molecule has 0 amide bonds. The molecule has 2 aromatic carbocycles. The molecule has 0 saturated carbocycles. The van der Waals surface area contributed by atoms with E-state index in [-0.39, 0.29) is 28.5 Å². The first kappa shape index (κ1) is 19.6. The van der Waals surface area contributed by atoms with Crippen LogP contribution in [0.15, 0.2) is 46.6 Å². The van der Waals surface area contributed by atoms with Crippen molar-refractivity contribution in [1.29, 1.82) is 0 Å². The van der Waals surface area contributed by atoms with Crippen molar-refractivity contribution in [3.63, 3.8) is 0 Å². The van der Waals surface area contributed by atoms with Crippen LogP contribution in [0.1, 0.15) is 58.1 Å². The Labute approximate surface area is 153 Å². The first-order valence-corrected chi connectivity index (χ1v) is 8.68. The minimum Gasteiger partial charge on any atom is -0.508 e. The zero-order chi connectivity index (χ0) is 19.5. The van der Waals surface area contributed by atoms with Crippen molar-refractivity contribution in [1.82, 2.24) is 0 Å². The van der Waals surface area contributed by atoms with Crippen LogP contribution in [0.2, 0.25) is 0 Å². The van der Waals surface area contributed by atoms with Gasteiger partial charge in [0.15, 0.2) is 5.69 Å². The van der Waals surface area contributed by atoms with E-state index in [2.05, 4.69) is 31.0 Å². The summed E-state index contributed by atoms with van der Waals surface area (Å²) < 4.78 is 0. The maximum absolute atomic E-state index is 11.2. The Bertz CT molecular complexity index is 839. The van der Waals surface area contributed by atoms with Crippen LogP contribution < -0.4 is 0 Å². The van der Waals surface area contributed by atoms with Crippen molar-refractivity contribution in [2.45, 2.75) is 52.4 Å². The fraction of sp³-hybridized carbons (Fsp3) is 0.400. The van der Waals surface area contributed by atoms with Gasteiger partial charge in [0.25, 0.3) is 5.69 Å². The van der Waals surface area contributed by atoms with Crippen LogP contribution in [0.5, 0.6) is 5.75 Å². The van der Waals surface area contributed by atoms with E-state index in [4.69, 9.17) is 0 Å². The number of azo groups is 1. The lowest BCUT2D eigenvalue weighted by Gasteiger charge is -2.24. The number of benzene rings is 2. The molecule has 0 aliphatic carbocycles. The van der Waals surface area contributed by atoms with E-state index in [9.17, 15) is 15.2 Å². The van der Waals surface area contributed by atoms with E-state index < -0.39 is 4.92 Å². The molecule has 0 fully saturated rings. The second kappa shape index (κ2) is 7.64. The molecule has 0 radical (unpaired) electrons. The fourth-order valence-corrected chi connectivity index (χ4v) is 2.81. The smallest absolute Gasteiger partial charge is 0.296 e. The Morgan fingerprint density at radius 3 is 2.38 bits per heavy atom. The molecule has 0 aliphatic rings. The van der Waals surface area contributed by atoms with Crippen LogP contribution in [0.25, 0.3) is 0 Å². The van der Waals surface area contributed by atoms with Crippen molar-refractivity contribution in [3.05, 3.63) is 57.6 Å². The number of nitro groups is 1. The Hall–Kier alpha value is -2.76. The highest BCUT2D eigenvalue weighted by Gasteiger charge is 2.25. The number of nitro benzene ring substituents is 1. The maximum atomic E-state index is 11.2. The van der Waals surface area contributed by atoms with Crippen molar-refractivity contribution < 1.29 is 10.0 Å². The van der Waals surface area contributed by atoms with Gasteiger partial charge in [-0.1, -0.05) is 52.8 Å². The van der Waals surface area contributed by atoms with Crippen LogP contribution in [-0.4, -0.2) is 10.0 Å². The summed E-state index contributed by atoms with van der Waals surface area (Å²) >= 11 is 0. The van der Waals surface area contributed by atoms with Crippen LogP contribution in [-0.2, 0) is 5.41 Å². The summed E-state index contributed by atoms with van der Waals surface area (Å²) in [6.07, 6.45) is 0.829. The Balaban J connectivity index is 2.68. The van der Waals surface area contributed by atoms with E-state index in [1.54, 1.807) is 24.3 Å². The van der Waals surface area contributed by atoms with Gasteiger partial charge in [-0.25, -0.2) is 0 Å². The summed E-state index contributed by atoms with van der Waals surface area (Å²) in [6, 6.07) is 9.77. The van der Waals surface area contributed by atoms with Gasteiger partial charge in [0.05, 0.1) is 10.6 Å². The molecule has 0 heterocycles. The number of hydrogen-bond donors (Lipinski definition) is 1. The average molecular weight is 355 g/mol. The van der Waals surface area contributed by atoms with Gasteiger partial charge >= 0.3 is 0 Å². The summed E-state index contributed by atoms with van der Waals surface area (Å²) in [5, 5.41) is 30.2. The van der Waals surface area contributed by atoms with Crippen LogP contribution in [0.3, 0.4) is 0 Å². The topological polar surface area (TPSA) is 88.1 Å². The Kier molecular flexibility index (Phi) is 5.75. The fourth-order valence-electron chi connectivity index (χ4n) is 2.81. The predicted molar refractivity (Wildman–Crippen MR) is 103 cm³/mol. The third-order valence-corrected chi connectivity index (χ3v) is 4.44. The minimum atomic E-state index is -0.475. The zero-order valence-electron chi connectivity index (χ0n) is 15.9. The molecule has 0 saturated heterocycles. The molecular formula is C20H25N3O3. The second-order valence-corrected chi connectivity index (χ2v) is 7.40. The number of aromatic hydroxyl groups is 1. The van der Waals surface area contributed by atoms with Gasteiger partial charge < -0.3 is 5.11 Å². The van der Waals surface area contributed by atoms with Crippen LogP contribution in [0.4, 0.5) is 17.1 Å². The van der Waals surface area contributed by atoms with Gasteiger partial charge in [-0.15, -0.1) is 10.2 Å². The van der Waals surface area contributed by atoms with Gasteiger partial charge in [-0.05, 0) is 35.4 Å². The van der Waals surface area contributed by atoms with Gasteiger partial charge in [0.2, 0.25) is 0 Å². The van der Waals surface area contributed by atoms with Gasteiger partial charge in [0.1, 0.15) is 5.75 Å². The molecule has 1 N–H and O–H groups in total. The predicted octanol–water partition coefficient (Wildman–Crippen LogP) is 6.53. The molecule has 138 valence electrons. The lowest BCUT2D eigenvalue weighted by molar-refractivity contribution is -0.384. The summed E-state index contributed by atoms with van der Waals surface area (Å²) in [6.45, 7) is 10.2. The van der Waals surface area contributed by atoms with Crippen LogP contribution >= 0.6 is 0 Å². The molecule has 2 aromatic rings. The van der Waals surface area contributed by atoms with Crippen molar-refractivity contribution in [2.75, 3.05) is 0 Å². The number of para-hydroxylation sites is 1. The highest BCUT2D eigenvalue weighted by Crippen LogP contribution is 2.44. The number of rotatable bonds is 5. The van der Waals surface area contributed by atoms with Crippen molar-refractivity contribution in [2.24, 2.45) is 10.2 Å². The summed E-state index contributed by atoms with van der Waals surface area (Å²) in [7, 11) is 0. The Morgan fingerprint density at radius 2 is 1.81 bits per heavy atom. The van der Waals surface area contributed by atoms with Crippen LogP contribution in [0, 0.1) is 10.1 Å². The third-order valence-electron chi connectivity index (χ3n) is 4.44. The molecule has 0 bridgehead atoms. The van der Waals surface area contributed by atoms with E-state index >= 15 is 0 Å². The molecule has 0 aliphatic heterocycles. The normalized spacial score (nSPS) is 13.1. The van der Waals surface area contributed by atoms with Gasteiger partial charge in [0, 0.05) is 11.6 Å². The first-order valence-electron chi connectivity index (χ1n) is 8.68. The number of phenols is 1. The molecular weight excluding hydrogens is 330 g/mol. The lowest BCUT2D eigenvalue weighted by atomic mass is 9.82. The average Bonchev–Trinajstić information content (AvgIpc) is 2.58. The number of phenolic OH excluding ortho intramolecular Hbond substituents is 1. The molecule has 0 spiro atoms. The first-order chi connectivity index (χ1) is 12.2. The monoisotopic (exact) mass is 355 g/mol. The zero-order valence-corrected chi connectivity index (χ0v) is 15.9. The standard InChI is InChI=1S/C20H25N3O3/c1-6-13(2)18-17(24)12-11-14(20(3,4)5)19(18)22-21-15-9-7-8-10-16(15)23(25)26/h7-13,24H,6H2,1-5H3. The molecule has 2 rings (SSSR count). The van der Waals surface area contributed by atoms with Gasteiger partial charge in [-0.2, -0.15) is 0 Å². The van der Waals surface area contributed by atoms with E-state index in [1.807, 2.05) is 19.9 Å². The number of nitrogens with zero attached hydrogens (tertiary/aromatic N) is 3. The van der Waals surface area contributed by atoms with Crippen molar-refractivity contribution in [3.8, 4) is 5.75 Å². The number of hydrogen-bond acceptors (Lipinski definition) is 5. The molecule has 1 atom stereocenters. The minimum absolute atomic E-state index is 0.0806. The van der Waals surface area contributed by atoms with E-state index in [0.29, 0.717) is 5.69 Å². The third kappa shape index (κ3) is 4.07. The lowest BCUT2D eigenvalue weighted by Crippen LogP contribution is -2.12. The maximum Gasteiger partial charge on any atom is 0.296 e. The van der Waals surface area contributed by atoms with E-state index in [0.717, 1.165) is 17.5 Å². The Morgan fingerprint density at radius 1 is 1.15 bits per heavy atom. The van der Waals surface area contributed by atoms with Gasteiger partial charge in [-0.3, -0.25) is 10.1 Å².